The van der Waals surface area contributed by atoms with Gasteiger partial charge in [0.25, 0.3) is 6.33 Å². The van der Waals surface area contributed by atoms with Crippen molar-refractivity contribution in [3.05, 3.63) is 18.7 Å². The van der Waals surface area contributed by atoms with E-state index in [1.807, 2.05) is 24.9 Å². The van der Waals surface area contributed by atoms with E-state index in [1.165, 1.54) is 0 Å². The number of hydrogen-bond acceptors (Lipinski definition) is 2. The van der Waals surface area contributed by atoms with Crippen LogP contribution in [0.5, 0.6) is 0 Å². The first-order chi connectivity index (χ1) is 7.66. The van der Waals surface area contributed by atoms with Gasteiger partial charge >= 0.3 is 6.03 Å². The summed E-state index contributed by atoms with van der Waals surface area (Å²) in [6, 6.07) is -0.0175. The van der Waals surface area contributed by atoms with Gasteiger partial charge in [-0.1, -0.05) is 0 Å². The molecule has 0 aromatic carbocycles. The van der Waals surface area contributed by atoms with E-state index in [2.05, 4.69) is 0 Å². The van der Waals surface area contributed by atoms with Gasteiger partial charge in [0, 0.05) is 13.7 Å². The van der Waals surface area contributed by atoms with Crippen molar-refractivity contribution in [2.75, 3.05) is 20.2 Å². The van der Waals surface area contributed by atoms with E-state index in [-0.39, 0.29) is 36.1 Å². The smallest absolute Gasteiger partial charge is 0.415 e. The molecular weight excluding hydrogens is 333 g/mol. The summed E-state index contributed by atoms with van der Waals surface area (Å²) in [4.78, 5) is 13.7. The van der Waals surface area contributed by atoms with Crippen LogP contribution in [0.3, 0.4) is 0 Å². The molecule has 6 heteroatoms. The van der Waals surface area contributed by atoms with E-state index >= 15 is 0 Å². The van der Waals surface area contributed by atoms with Gasteiger partial charge < -0.3 is 33.6 Å². The molecule has 0 aliphatic carbocycles. The molecule has 1 aromatic heterocycles. The van der Waals surface area contributed by atoms with E-state index in [4.69, 9.17) is 4.74 Å². The fourth-order valence-corrected chi connectivity index (χ4v) is 1.93. The Bertz CT molecular complexity index is 375. The van der Waals surface area contributed by atoms with Crippen LogP contribution in [-0.2, 0) is 11.8 Å². The molecule has 1 saturated heterocycles. The minimum Gasteiger partial charge on any atom is -1.00 e. The summed E-state index contributed by atoms with van der Waals surface area (Å²) >= 11 is 0. The molecule has 5 nitrogen and oxygen atoms in total. The van der Waals surface area contributed by atoms with Crippen molar-refractivity contribution < 1.29 is 38.1 Å². The number of imidazole rings is 1. The third-order valence-electron chi connectivity index (χ3n) is 2.82. The van der Waals surface area contributed by atoms with Gasteiger partial charge in [0.05, 0.1) is 19.7 Å². The lowest BCUT2D eigenvalue weighted by Gasteiger charge is -2.17. The van der Waals surface area contributed by atoms with Crippen LogP contribution in [0.2, 0.25) is 0 Å². The van der Waals surface area contributed by atoms with Crippen molar-refractivity contribution >= 4 is 6.03 Å². The Labute approximate surface area is 118 Å². The Kier molecular flexibility index (Phi) is 5.38. The lowest BCUT2D eigenvalue weighted by Crippen LogP contribution is -3.00. The summed E-state index contributed by atoms with van der Waals surface area (Å²) in [6.07, 6.45) is 7.72. The quantitative estimate of drug-likeness (QED) is 0.433. The number of ether oxygens (including phenoxy) is 1. The van der Waals surface area contributed by atoms with Crippen LogP contribution in [0.25, 0.3) is 0 Å². The van der Waals surface area contributed by atoms with Crippen molar-refractivity contribution in [2.24, 2.45) is 7.05 Å². The number of hydrogen-bond donors (Lipinski definition) is 0. The summed E-state index contributed by atoms with van der Waals surface area (Å²) in [5.41, 5.74) is 0. The van der Waals surface area contributed by atoms with Gasteiger partial charge in [-0.25, -0.2) is 9.36 Å². The molecule has 0 N–H and O–H groups in total. The second-order valence-corrected chi connectivity index (χ2v) is 4.28. The van der Waals surface area contributed by atoms with Crippen molar-refractivity contribution in [2.45, 2.75) is 18.9 Å². The molecule has 0 saturated carbocycles. The molecule has 1 amide bonds. The molecule has 2 rings (SSSR count). The van der Waals surface area contributed by atoms with E-state index in [0.29, 0.717) is 6.54 Å². The SMILES string of the molecule is CN(CC1CCCO1)C(=O)n1cc[n+](C)c1.[I-]. The number of carbonyl (C=O) groups excluding carboxylic acids is 1. The average molecular weight is 351 g/mol. The highest BCUT2D eigenvalue weighted by atomic mass is 127. The highest BCUT2D eigenvalue weighted by Gasteiger charge is 2.23. The number of halogens is 1. The first kappa shape index (κ1) is 14.4. The standard InChI is InChI=1S/C11H18N3O2.HI/c1-12-5-6-14(9-12)11(15)13(2)8-10-4-3-7-16-10;/h5-6,9-10H,3-4,7-8H2,1-2H3;1H/q+1;/p-1. The Morgan fingerprint density at radius 2 is 2.41 bits per heavy atom. The second-order valence-electron chi connectivity index (χ2n) is 4.28. The monoisotopic (exact) mass is 351 g/mol. The maximum absolute atomic E-state index is 12.0. The zero-order valence-electron chi connectivity index (χ0n) is 10.2. The van der Waals surface area contributed by atoms with Gasteiger partial charge in [0.2, 0.25) is 0 Å². The maximum atomic E-state index is 12.0. The van der Waals surface area contributed by atoms with E-state index < -0.39 is 0 Å². The van der Waals surface area contributed by atoms with Crippen molar-refractivity contribution in [3.63, 3.8) is 0 Å². The molecule has 0 bridgehead atoms. The van der Waals surface area contributed by atoms with Gasteiger partial charge in [0.1, 0.15) is 12.4 Å². The number of nitrogens with zero attached hydrogens (tertiary/aromatic N) is 3. The highest BCUT2D eigenvalue weighted by molar-refractivity contribution is 5.76. The Balaban J connectivity index is 0.00000144. The number of likely N-dealkylation sites (N-methyl/N-ethyl adjacent to an activating group) is 1. The summed E-state index contributed by atoms with van der Waals surface area (Å²) < 4.78 is 8.93. The molecule has 1 aromatic rings. The molecule has 1 aliphatic heterocycles. The van der Waals surface area contributed by atoms with E-state index in [0.717, 1.165) is 19.4 Å². The largest absolute Gasteiger partial charge is 1.00 e. The first-order valence-corrected chi connectivity index (χ1v) is 5.57. The summed E-state index contributed by atoms with van der Waals surface area (Å²) in [6.45, 7) is 1.49. The normalized spacial score (nSPS) is 18.8. The second kappa shape index (κ2) is 6.34. The zero-order chi connectivity index (χ0) is 11.5. The molecule has 96 valence electrons. The third-order valence-corrected chi connectivity index (χ3v) is 2.82. The number of rotatable bonds is 2. The topological polar surface area (TPSA) is 38.4 Å². The predicted octanol–water partition coefficient (Wildman–Crippen LogP) is -2.60. The Hall–Kier alpha value is -0.630. The number of aromatic nitrogens is 2. The Morgan fingerprint density at radius 3 is 2.94 bits per heavy atom. The lowest BCUT2D eigenvalue weighted by atomic mass is 10.2. The van der Waals surface area contributed by atoms with Gasteiger partial charge in [-0.3, -0.25) is 0 Å². The predicted molar refractivity (Wildman–Crippen MR) is 58.0 cm³/mol. The molecule has 1 fully saturated rings. The minimum atomic E-state index is -0.0175. The minimum absolute atomic E-state index is 0. The molecule has 1 unspecified atom stereocenters. The lowest BCUT2D eigenvalue weighted by molar-refractivity contribution is -0.670. The number of carbonyl (C=O) groups is 1. The van der Waals surface area contributed by atoms with E-state index in [1.54, 1.807) is 22.0 Å². The van der Waals surface area contributed by atoms with Crippen molar-refractivity contribution in [3.8, 4) is 0 Å². The van der Waals surface area contributed by atoms with Crippen LogP contribution in [0, 0.1) is 0 Å². The van der Waals surface area contributed by atoms with Crippen molar-refractivity contribution in [1.82, 2.24) is 9.47 Å². The fraction of sp³-hybridized carbons (Fsp3) is 0.636. The number of aryl methyl sites for hydroxylation is 1. The highest BCUT2D eigenvalue weighted by Crippen LogP contribution is 2.12. The van der Waals surface area contributed by atoms with Gasteiger partial charge in [-0.05, 0) is 12.8 Å². The number of amides is 1. The fourth-order valence-electron chi connectivity index (χ4n) is 1.93. The summed E-state index contributed by atoms with van der Waals surface area (Å²) in [7, 11) is 3.70. The van der Waals surface area contributed by atoms with Crippen molar-refractivity contribution in [1.29, 1.82) is 0 Å². The third kappa shape index (κ3) is 3.67. The molecule has 1 atom stereocenters. The molecular formula is C11H18IN3O2. The van der Waals surface area contributed by atoms with Crippen LogP contribution >= 0.6 is 0 Å². The van der Waals surface area contributed by atoms with Gasteiger partial charge in [0.15, 0.2) is 0 Å². The molecule has 17 heavy (non-hydrogen) atoms. The molecule has 2 heterocycles. The Morgan fingerprint density at radius 1 is 1.65 bits per heavy atom. The van der Waals surface area contributed by atoms with Crippen LogP contribution in [-0.4, -0.2) is 41.8 Å². The summed E-state index contributed by atoms with van der Waals surface area (Å²) in [5.74, 6) is 0. The first-order valence-electron chi connectivity index (χ1n) is 5.57. The van der Waals surface area contributed by atoms with E-state index in [9.17, 15) is 4.79 Å². The maximum Gasteiger partial charge on any atom is 0.415 e. The molecule has 0 spiro atoms. The van der Waals surface area contributed by atoms with Crippen LogP contribution in [0.4, 0.5) is 4.79 Å². The molecule has 0 radical (unpaired) electrons. The van der Waals surface area contributed by atoms with Crippen LogP contribution in [0.1, 0.15) is 12.8 Å². The van der Waals surface area contributed by atoms with Crippen LogP contribution in [0.15, 0.2) is 18.7 Å². The summed E-state index contributed by atoms with van der Waals surface area (Å²) in [5, 5.41) is 0. The van der Waals surface area contributed by atoms with Gasteiger partial charge in [-0.15, -0.1) is 0 Å². The molecule has 1 aliphatic rings. The average Bonchev–Trinajstić information content (AvgIpc) is 2.88. The van der Waals surface area contributed by atoms with Crippen LogP contribution < -0.4 is 28.5 Å². The zero-order valence-corrected chi connectivity index (χ0v) is 12.3. The van der Waals surface area contributed by atoms with Gasteiger partial charge in [-0.2, -0.15) is 4.57 Å².